The Morgan fingerprint density at radius 1 is 1.11 bits per heavy atom. The van der Waals surface area contributed by atoms with E-state index in [0.717, 1.165) is 0 Å². The highest BCUT2D eigenvalue weighted by atomic mass is 16.6. The van der Waals surface area contributed by atoms with Gasteiger partial charge in [0.2, 0.25) is 5.90 Å². The maximum absolute atomic E-state index is 12.1. The molecule has 1 aliphatic rings. The number of carbonyl (C=O) groups excluding carboxylic acids is 1. The third-order valence-electron chi connectivity index (χ3n) is 3.76. The van der Waals surface area contributed by atoms with E-state index in [1.807, 2.05) is 0 Å². The van der Waals surface area contributed by atoms with E-state index in [-0.39, 0.29) is 18.2 Å². The van der Waals surface area contributed by atoms with Crippen molar-refractivity contribution in [3.8, 4) is 29.6 Å². The van der Waals surface area contributed by atoms with E-state index in [9.17, 15) is 4.79 Å². The van der Waals surface area contributed by atoms with Crippen LogP contribution in [0.15, 0.2) is 53.2 Å². The number of benzene rings is 2. The van der Waals surface area contributed by atoms with Gasteiger partial charge in [0, 0.05) is 5.56 Å². The van der Waals surface area contributed by atoms with Crippen molar-refractivity contribution in [1.29, 1.82) is 0 Å². The molecule has 0 aliphatic carbocycles. The Labute approximate surface area is 157 Å². The lowest BCUT2D eigenvalue weighted by Crippen LogP contribution is -2.05. The van der Waals surface area contributed by atoms with Crippen LogP contribution in [-0.2, 0) is 9.53 Å². The Hall–Kier alpha value is -3.72. The van der Waals surface area contributed by atoms with Crippen molar-refractivity contribution in [2.24, 2.45) is 4.99 Å². The molecule has 0 spiro atoms. The predicted molar refractivity (Wildman–Crippen MR) is 101 cm³/mol. The molecular weight excluding hydrogens is 346 g/mol. The molecule has 1 heterocycles. The van der Waals surface area contributed by atoms with Gasteiger partial charge in [-0.3, -0.25) is 0 Å². The first-order chi connectivity index (χ1) is 13.1. The summed E-state index contributed by atoms with van der Waals surface area (Å²) >= 11 is 0. The van der Waals surface area contributed by atoms with Crippen LogP contribution in [0.4, 0.5) is 0 Å². The lowest BCUT2D eigenvalue weighted by molar-refractivity contribution is -0.129. The van der Waals surface area contributed by atoms with Crippen molar-refractivity contribution in [2.45, 2.75) is 0 Å². The van der Waals surface area contributed by atoms with E-state index in [1.54, 1.807) is 55.7 Å². The summed E-state index contributed by atoms with van der Waals surface area (Å²) in [5, 5.41) is 0. The predicted octanol–water partition coefficient (Wildman–Crippen LogP) is 3.06. The number of terminal acetylenes is 1. The van der Waals surface area contributed by atoms with Gasteiger partial charge in [0.05, 0.1) is 14.2 Å². The number of esters is 1. The van der Waals surface area contributed by atoms with E-state index < -0.39 is 5.97 Å². The van der Waals surface area contributed by atoms with Crippen molar-refractivity contribution in [2.75, 3.05) is 20.8 Å². The molecule has 0 saturated heterocycles. The molecule has 2 aromatic rings. The molecule has 0 unspecified atom stereocenters. The summed E-state index contributed by atoms with van der Waals surface area (Å²) in [4.78, 5) is 16.4. The molecule has 6 heteroatoms. The molecule has 27 heavy (non-hydrogen) atoms. The highest BCUT2D eigenvalue weighted by Gasteiger charge is 2.24. The molecule has 6 nitrogen and oxygen atoms in total. The standard InChI is InChI=1S/C21H17NO5/c1-4-11-26-18-10-5-14(13-19(18)25-3)12-17-21(23)27-20(22-17)15-6-8-16(24-2)9-7-15/h1,5-10,12-13H,11H2,2-3H3. The van der Waals surface area contributed by atoms with Gasteiger partial charge in [-0.25, -0.2) is 9.79 Å². The van der Waals surface area contributed by atoms with Crippen LogP contribution in [0.1, 0.15) is 11.1 Å². The zero-order valence-corrected chi connectivity index (χ0v) is 14.9. The van der Waals surface area contributed by atoms with Gasteiger partial charge in [0.25, 0.3) is 0 Å². The smallest absolute Gasteiger partial charge is 0.363 e. The van der Waals surface area contributed by atoms with Crippen molar-refractivity contribution in [3.63, 3.8) is 0 Å². The first-order valence-electron chi connectivity index (χ1n) is 8.06. The third-order valence-corrected chi connectivity index (χ3v) is 3.76. The summed E-state index contributed by atoms with van der Waals surface area (Å²) in [7, 11) is 3.11. The van der Waals surface area contributed by atoms with Crippen LogP contribution in [-0.4, -0.2) is 32.7 Å². The molecule has 0 aromatic heterocycles. The van der Waals surface area contributed by atoms with Crippen LogP contribution < -0.4 is 14.2 Å². The lowest BCUT2D eigenvalue weighted by atomic mass is 10.1. The average Bonchev–Trinajstić information content (AvgIpc) is 3.07. The maximum atomic E-state index is 12.1. The van der Waals surface area contributed by atoms with Crippen molar-refractivity contribution < 1.29 is 23.7 Å². The molecule has 136 valence electrons. The average molecular weight is 363 g/mol. The number of ether oxygens (including phenoxy) is 4. The number of methoxy groups -OCH3 is 2. The molecule has 0 bridgehead atoms. The lowest BCUT2D eigenvalue weighted by Gasteiger charge is -2.09. The highest BCUT2D eigenvalue weighted by Crippen LogP contribution is 2.29. The van der Waals surface area contributed by atoms with Crippen molar-refractivity contribution in [1.82, 2.24) is 0 Å². The third kappa shape index (κ3) is 4.10. The van der Waals surface area contributed by atoms with E-state index >= 15 is 0 Å². The molecular formula is C21H17NO5. The van der Waals surface area contributed by atoms with E-state index in [0.29, 0.717) is 28.4 Å². The molecule has 3 rings (SSSR count). The quantitative estimate of drug-likeness (QED) is 0.448. The molecule has 0 amide bonds. The van der Waals surface area contributed by atoms with Crippen LogP contribution in [0.5, 0.6) is 17.2 Å². The summed E-state index contributed by atoms with van der Waals surface area (Å²) in [5.74, 6) is 3.86. The zero-order valence-electron chi connectivity index (χ0n) is 14.9. The van der Waals surface area contributed by atoms with E-state index in [2.05, 4.69) is 10.9 Å². The molecule has 0 fully saturated rings. The van der Waals surface area contributed by atoms with E-state index in [4.69, 9.17) is 25.4 Å². The van der Waals surface area contributed by atoms with Crippen LogP contribution in [0.3, 0.4) is 0 Å². The van der Waals surface area contributed by atoms with Gasteiger partial charge in [0.15, 0.2) is 17.2 Å². The Kier molecular flexibility index (Phi) is 5.43. The summed E-state index contributed by atoms with van der Waals surface area (Å²) < 4.78 is 21.1. The second kappa shape index (κ2) is 8.11. The zero-order chi connectivity index (χ0) is 19.2. The monoisotopic (exact) mass is 363 g/mol. The summed E-state index contributed by atoms with van der Waals surface area (Å²) in [6.45, 7) is 0.138. The van der Waals surface area contributed by atoms with Gasteiger partial charge in [-0.05, 0) is 48.0 Å². The summed E-state index contributed by atoms with van der Waals surface area (Å²) in [5.41, 5.74) is 1.59. The SMILES string of the molecule is C#CCOc1ccc(C=C2N=C(c3ccc(OC)cc3)OC2=O)cc1OC. The Morgan fingerprint density at radius 2 is 1.89 bits per heavy atom. The number of rotatable bonds is 6. The van der Waals surface area contributed by atoms with Crippen LogP contribution in [0, 0.1) is 12.3 Å². The van der Waals surface area contributed by atoms with Crippen molar-refractivity contribution in [3.05, 3.63) is 59.3 Å². The molecule has 2 aromatic carbocycles. The fourth-order valence-corrected chi connectivity index (χ4v) is 2.44. The van der Waals surface area contributed by atoms with Gasteiger partial charge in [0.1, 0.15) is 12.4 Å². The number of hydrogen-bond acceptors (Lipinski definition) is 6. The number of carbonyl (C=O) groups is 1. The topological polar surface area (TPSA) is 66.3 Å². The second-order valence-corrected chi connectivity index (χ2v) is 5.47. The molecule has 0 saturated carbocycles. The van der Waals surface area contributed by atoms with Crippen LogP contribution in [0.25, 0.3) is 6.08 Å². The van der Waals surface area contributed by atoms with E-state index in [1.165, 1.54) is 7.11 Å². The Bertz CT molecular complexity index is 952. The normalized spacial score (nSPS) is 14.3. The number of cyclic esters (lactones) is 1. The first kappa shape index (κ1) is 18.1. The fourth-order valence-electron chi connectivity index (χ4n) is 2.44. The van der Waals surface area contributed by atoms with Gasteiger partial charge >= 0.3 is 5.97 Å². The number of hydrogen-bond donors (Lipinski definition) is 0. The summed E-state index contributed by atoms with van der Waals surface area (Å²) in [6.07, 6.45) is 6.82. The second-order valence-electron chi connectivity index (χ2n) is 5.47. The maximum Gasteiger partial charge on any atom is 0.363 e. The number of aliphatic imine (C=N–C) groups is 1. The molecule has 0 radical (unpaired) electrons. The van der Waals surface area contributed by atoms with Crippen LogP contribution in [0.2, 0.25) is 0 Å². The Morgan fingerprint density at radius 3 is 2.56 bits per heavy atom. The minimum absolute atomic E-state index is 0.138. The summed E-state index contributed by atoms with van der Waals surface area (Å²) in [6, 6.07) is 12.3. The van der Waals surface area contributed by atoms with Gasteiger partial charge in [-0.2, -0.15) is 0 Å². The van der Waals surface area contributed by atoms with Gasteiger partial charge in [-0.1, -0.05) is 12.0 Å². The minimum Gasteiger partial charge on any atom is -0.497 e. The molecule has 0 N–H and O–H groups in total. The van der Waals surface area contributed by atoms with Gasteiger partial charge < -0.3 is 18.9 Å². The van der Waals surface area contributed by atoms with Crippen LogP contribution >= 0.6 is 0 Å². The minimum atomic E-state index is -0.521. The van der Waals surface area contributed by atoms with Gasteiger partial charge in [-0.15, -0.1) is 6.42 Å². The molecule has 1 aliphatic heterocycles. The largest absolute Gasteiger partial charge is 0.497 e. The first-order valence-corrected chi connectivity index (χ1v) is 8.06. The van der Waals surface area contributed by atoms with Crippen molar-refractivity contribution >= 4 is 17.9 Å². The number of nitrogens with zero attached hydrogens (tertiary/aromatic N) is 1. The molecule has 0 atom stereocenters. The highest BCUT2D eigenvalue weighted by molar-refractivity contribution is 6.12. The Balaban J connectivity index is 1.86. The fraction of sp³-hybridized carbons (Fsp3) is 0.143.